The van der Waals surface area contributed by atoms with Crippen molar-refractivity contribution < 1.29 is 9.53 Å². The van der Waals surface area contributed by atoms with Crippen LogP contribution in [0.5, 0.6) is 5.75 Å². The Morgan fingerprint density at radius 2 is 1.81 bits per heavy atom. The molecule has 160 valence electrons. The second-order valence-electron chi connectivity index (χ2n) is 7.37. The quantitative estimate of drug-likeness (QED) is 0.578. The van der Waals surface area contributed by atoms with E-state index >= 15 is 0 Å². The fourth-order valence-corrected chi connectivity index (χ4v) is 3.75. The van der Waals surface area contributed by atoms with Gasteiger partial charge in [-0.25, -0.2) is 9.78 Å². The van der Waals surface area contributed by atoms with Gasteiger partial charge in [0.25, 0.3) is 0 Å². The highest BCUT2D eigenvalue weighted by molar-refractivity contribution is 6.01. The lowest BCUT2D eigenvalue weighted by molar-refractivity contribution is 0.262. The first kappa shape index (κ1) is 20.7. The summed E-state index contributed by atoms with van der Waals surface area (Å²) in [6, 6.07) is 14.7. The molecule has 2 N–H and O–H groups in total. The molecule has 2 amide bonds. The molecule has 2 heterocycles. The molecular weight excluding hydrogens is 390 g/mol. The highest BCUT2D eigenvalue weighted by atomic mass is 16.5. The number of urea groups is 1. The van der Waals surface area contributed by atoms with Crippen molar-refractivity contribution in [3.8, 4) is 17.0 Å². The molecule has 4 rings (SSSR count). The molecule has 1 saturated heterocycles. The largest absolute Gasteiger partial charge is 0.492 e. The Morgan fingerprint density at radius 1 is 1.00 bits per heavy atom. The van der Waals surface area contributed by atoms with Crippen molar-refractivity contribution in [3.63, 3.8) is 0 Å². The molecule has 7 nitrogen and oxygen atoms in total. The van der Waals surface area contributed by atoms with Gasteiger partial charge in [0, 0.05) is 36.7 Å². The van der Waals surface area contributed by atoms with Gasteiger partial charge in [0.2, 0.25) is 0 Å². The van der Waals surface area contributed by atoms with Gasteiger partial charge in [-0.15, -0.1) is 0 Å². The maximum Gasteiger partial charge on any atom is 0.323 e. The molecule has 1 fully saturated rings. The summed E-state index contributed by atoms with van der Waals surface area (Å²) in [6.07, 6.45) is 7.04. The molecule has 0 spiro atoms. The Bertz CT molecular complexity index is 1030. The molecule has 0 atom stereocenters. The number of anilines is 3. The smallest absolute Gasteiger partial charge is 0.323 e. The first-order valence-corrected chi connectivity index (χ1v) is 10.7. The van der Waals surface area contributed by atoms with Crippen molar-refractivity contribution in [1.82, 2.24) is 9.97 Å². The summed E-state index contributed by atoms with van der Waals surface area (Å²) < 4.78 is 5.57. The summed E-state index contributed by atoms with van der Waals surface area (Å²) >= 11 is 0. The number of rotatable bonds is 6. The Labute approximate surface area is 182 Å². The lowest BCUT2D eigenvalue weighted by Crippen LogP contribution is -2.30. The van der Waals surface area contributed by atoms with E-state index in [9.17, 15) is 4.79 Å². The van der Waals surface area contributed by atoms with Crippen molar-refractivity contribution >= 4 is 23.2 Å². The third-order valence-electron chi connectivity index (χ3n) is 5.16. The predicted molar refractivity (Wildman–Crippen MR) is 124 cm³/mol. The first-order chi connectivity index (χ1) is 15.2. The highest BCUT2D eigenvalue weighted by Gasteiger charge is 2.18. The standard InChI is InChI=1S/C24H27N5O2/c1-2-31-21-12-5-4-11-20(21)28-24(30)27-19-10-8-9-18(17-19)22-23(26-14-13-25-22)29-15-6-3-7-16-29/h4-5,8-14,17H,2-3,6-7,15-16H2,1H3,(H2,27,28,30). The molecule has 1 aliphatic heterocycles. The second-order valence-corrected chi connectivity index (χ2v) is 7.37. The van der Waals surface area contributed by atoms with Gasteiger partial charge in [-0.2, -0.15) is 0 Å². The summed E-state index contributed by atoms with van der Waals surface area (Å²) in [7, 11) is 0. The topological polar surface area (TPSA) is 79.4 Å². The zero-order valence-electron chi connectivity index (χ0n) is 17.7. The number of nitrogens with zero attached hydrogens (tertiary/aromatic N) is 3. The Morgan fingerprint density at radius 3 is 2.65 bits per heavy atom. The Hall–Kier alpha value is -3.61. The SMILES string of the molecule is CCOc1ccccc1NC(=O)Nc1cccc(-c2nccnc2N2CCCCC2)c1. The average molecular weight is 418 g/mol. The van der Waals surface area contributed by atoms with Crippen LogP contribution in [0.15, 0.2) is 60.9 Å². The van der Waals surface area contributed by atoms with E-state index in [0.29, 0.717) is 23.7 Å². The lowest BCUT2D eigenvalue weighted by Gasteiger charge is -2.28. The number of hydrogen-bond acceptors (Lipinski definition) is 5. The fraction of sp³-hybridized carbons (Fsp3) is 0.292. The van der Waals surface area contributed by atoms with E-state index in [1.54, 1.807) is 12.4 Å². The summed E-state index contributed by atoms with van der Waals surface area (Å²) in [4.78, 5) is 24.1. The van der Waals surface area contributed by atoms with Crippen LogP contribution in [0.3, 0.4) is 0 Å². The van der Waals surface area contributed by atoms with E-state index in [1.165, 1.54) is 19.3 Å². The van der Waals surface area contributed by atoms with E-state index in [2.05, 4.69) is 25.5 Å². The minimum Gasteiger partial charge on any atom is -0.492 e. The maximum atomic E-state index is 12.6. The summed E-state index contributed by atoms with van der Waals surface area (Å²) in [5.41, 5.74) is 3.05. The zero-order valence-corrected chi connectivity index (χ0v) is 17.7. The molecule has 0 bridgehead atoms. The average Bonchev–Trinajstić information content (AvgIpc) is 2.81. The molecule has 1 aliphatic rings. The van der Waals surface area contributed by atoms with Crippen molar-refractivity contribution in [1.29, 1.82) is 0 Å². The second kappa shape index (κ2) is 9.93. The van der Waals surface area contributed by atoms with Crippen LogP contribution >= 0.6 is 0 Å². The van der Waals surface area contributed by atoms with Crippen molar-refractivity contribution in [2.24, 2.45) is 0 Å². The number of carbonyl (C=O) groups excluding carboxylic acids is 1. The zero-order chi connectivity index (χ0) is 21.5. The van der Waals surface area contributed by atoms with Crippen molar-refractivity contribution in [2.45, 2.75) is 26.2 Å². The summed E-state index contributed by atoms with van der Waals surface area (Å²) in [5, 5.41) is 5.76. The van der Waals surface area contributed by atoms with Gasteiger partial charge in [0.15, 0.2) is 5.82 Å². The van der Waals surface area contributed by atoms with Crippen LogP contribution in [-0.2, 0) is 0 Å². The molecule has 7 heteroatoms. The first-order valence-electron chi connectivity index (χ1n) is 10.7. The third kappa shape index (κ3) is 5.12. The van der Waals surface area contributed by atoms with Crippen LogP contribution in [0, 0.1) is 0 Å². The molecule has 0 unspecified atom stereocenters. The Kier molecular flexibility index (Phi) is 6.62. The van der Waals surface area contributed by atoms with Gasteiger partial charge in [0.05, 0.1) is 12.3 Å². The molecule has 3 aromatic rings. The number of ether oxygens (including phenoxy) is 1. The van der Waals surface area contributed by atoms with Gasteiger partial charge in [-0.05, 0) is 50.5 Å². The lowest BCUT2D eigenvalue weighted by atomic mass is 10.1. The molecule has 0 radical (unpaired) electrons. The Balaban J connectivity index is 1.51. The maximum absolute atomic E-state index is 12.6. The van der Waals surface area contributed by atoms with E-state index in [1.807, 2.05) is 55.5 Å². The van der Waals surface area contributed by atoms with Crippen LogP contribution in [0.1, 0.15) is 26.2 Å². The van der Waals surface area contributed by atoms with E-state index in [4.69, 9.17) is 4.74 Å². The van der Waals surface area contributed by atoms with Gasteiger partial charge >= 0.3 is 6.03 Å². The number of piperidine rings is 1. The number of carbonyl (C=O) groups is 1. The molecule has 2 aromatic carbocycles. The van der Waals surface area contributed by atoms with E-state index < -0.39 is 0 Å². The summed E-state index contributed by atoms with van der Waals surface area (Å²) in [5.74, 6) is 1.54. The molecule has 0 saturated carbocycles. The van der Waals surface area contributed by atoms with Crippen LogP contribution in [-0.4, -0.2) is 35.7 Å². The molecular formula is C24H27N5O2. The van der Waals surface area contributed by atoms with Crippen LogP contribution in [0.25, 0.3) is 11.3 Å². The third-order valence-corrected chi connectivity index (χ3v) is 5.16. The molecule has 0 aliphatic carbocycles. The van der Waals surface area contributed by atoms with Gasteiger partial charge in [-0.3, -0.25) is 4.98 Å². The van der Waals surface area contributed by atoms with Gasteiger partial charge in [0.1, 0.15) is 11.4 Å². The van der Waals surface area contributed by atoms with E-state index in [0.717, 1.165) is 30.2 Å². The van der Waals surface area contributed by atoms with E-state index in [-0.39, 0.29) is 6.03 Å². The predicted octanol–water partition coefficient (Wildman–Crippen LogP) is 5.18. The van der Waals surface area contributed by atoms with Gasteiger partial charge in [-0.1, -0.05) is 24.3 Å². The monoisotopic (exact) mass is 417 g/mol. The number of para-hydroxylation sites is 2. The number of nitrogens with one attached hydrogen (secondary N) is 2. The normalized spacial score (nSPS) is 13.5. The summed E-state index contributed by atoms with van der Waals surface area (Å²) in [6.45, 7) is 4.42. The number of hydrogen-bond donors (Lipinski definition) is 2. The van der Waals surface area contributed by atoms with Crippen molar-refractivity contribution in [3.05, 3.63) is 60.9 Å². The van der Waals surface area contributed by atoms with Crippen molar-refractivity contribution in [2.75, 3.05) is 35.2 Å². The van der Waals surface area contributed by atoms with Crippen LogP contribution < -0.4 is 20.3 Å². The molecule has 31 heavy (non-hydrogen) atoms. The minimum absolute atomic E-state index is 0.334. The van der Waals surface area contributed by atoms with Crippen LogP contribution in [0.4, 0.5) is 22.0 Å². The van der Waals surface area contributed by atoms with Crippen LogP contribution in [0.2, 0.25) is 0 Å². The van der Waals surface area contributed by atoms with Gasteiger partial charge < -0.3 is 20.3 Å². The number of aromatic nitrogens is 2. The highest BCUT2D eigenvalue weighted by Crippen LogP contribution is 2.30. The fourth-order valence-electron chi connectivity index (χ4n) is 3.75. The number of benzene rings is 2. The molecule has 1 aromatic heterocycles. The number of amides is 2. The minimum atomic E-state index is -0.334.